The first-order valence-corrected chi connectivity index (χ1v) is 2.89. The number of hydrogen-bond donors (Lipinski definition) is 1. The zero-order chi connectivity index (χ0) is 7.56. The van der Waals surface area contributed by atoms with E-state index < -0.39 is 5.97 Å². The van der Waals surface area contributed by atoms with Crippen LogP contribution < -0.4 is 0 Å². The first-order valence-electron chi connectivity index (χ1n) is 2.89. The molecule has 1 N–H and O–H groups in total. The molecule has 0 atom stereocenters. The number of carboxylic acids is 1. The number of allylic oxidation sites excluding steroid dienone is 4. The molecule has 0 aromatic rings. The summed E-state index contributed by atoms with van der Waals surface area (Å²) in [5.41, 5.74) is 1.05. The molecule has 0 unspecified atom stereocenters. The van der Waals surface area contributed by atoms with E-state index in [1.165, 1.54) is 0 Å². The second-order valence-electron chi connectivity index (χ2n) is 2.07. The van der Waals surface area contributed by atoms with Gasteiger partial charge in [-0.25, -0.2) is 10.9 Å². The van der Waals surface area contributed by atoms with Crippen LogP contribution in [0.1, 0.15) is 6.42 Å². The van der Waals surface area contributed by atoms with Crippen LogP contribution in [0.3, 0.4) is 0 Å². The van der Waals surface area contributed by atoms with E-state index in [0.717, 1.165) is 0 Å². The smallest absolute Gasteiger partial charge is 0.328 e. The van der Waals surface area contributed by atoms with Crippen LogP contribution in [0, 0.1) is 6.08 Å². The van der Waals surface area contributed by atoms with Crippen molar-refractivity contribution < 1.29 is 9.90 Å². The summed E-state index contributed by atoms with van der Waals surface area (Å²) >= 11 is 0. The van der Waals surface area contributed by atoms with E-state index in [-0.39, 0.29) is 0 Å². The van der Waals surface area contributed by atoms with Crippen molar-refractivity contribution in [1.82, 2.24) is 0 Å². The predicted molar refractivity (Wildman–Crippen MR) is 37.3 cm³/mol. The molecule has 52 valence electrons. The molecule has 0 saturated heterocycles. The van der Waals surface area contributed by atoms with Crippen LogP contribution in [0.5, 0.6) is 0 Å². The van der Waals surface area contributed by atoms with Gasteiger partial charge in [0.25, 0.3) is 0 Å². The Morgan fingerprint density at radius 1 is 1.80 bits per heavy atom. The minimum absolute atomic E-state index is 0.354. The molecule has 1 aliphatic rings. The van der Waals surface area contributed by atoms with Gasteiger partial charge in [-0.3, -0.25) is 6.08 Å². The average Bonchev–Trinajstić information content (AvgIpc) is 1.88. The molecule has 0 aromatic carbocycles. The number of aliphatic carboxylic acids is 1. The largest absolute Gasteiger partial charge is 0.478 e. The van der Waals surface area contributed by atoms with Gasteiger partial charge in [0.1, 0.15) is 0 Å². The molecule has 2 heteroatoms. The lowest BCUT2D eigenvalue weighted by Gasteiger charge is -2.12. The average molecular weight is 135 g/mol. The van der Waals surface area contributed by atoms with E-state index in [1.54, 1.807) is 12.2 Å². The highest BCUT2D eigenvalue weighted by molar-refractivity contribution is 5.88. The number of carboxylic acid groups (broad SMARTS) is 1. The maximum atomic E-state index is 10.3. The van der Waals surface area contributed by atoms with Crippen LogP contribution in [0.4, 0.5) is 0 Å². The van der Waals surface area contributed by atoms with E-state index in [0.29, 0.717) is 17.6 Å². The third kappa shape index (κ3) is 1.35. The van der Waals surface area contributed by atoms with Gasteiger partial charge in [-0.05, 0) is 0 Å². The number of hydrogen-bond acceptors (Lipinski definition) is 1. The second kappa shape index (κ2) is 2.52. The molecule has 10 heavy (non-hydrogen) atoms. The van der Waals surface area contributed by atoms with Gasteiger partial charge in [-0.2, -0.15) is 12.2 Å². The number of rotatable bonds is 1. The molecule has 0 heterocycles. The van der Waals surface area contributed by atoms with Crippen LogP contribution in [-0.4, -0.2) is 11.1 Å². The molecule has 0 fully saturated rings. The molecule has 0 saturated carbocycles. The summed E-state index contributed by atoms with van der Waals surface area (Å²) in [7, 11) is 0. The number of carbonyl (C=O) groups is 1. The van der Waals surface area contributed by atoms with Gasteiger partial charge >= 0.3 is 5.97 Å². The van der Waals surface area contributed by atoms with Crippen LogP contribution in [0.15, 0.2) is 29.9 Å². The van der Waals surface area contributed by atoms with Gasteiger partial charge in [0, 0.05) is 5.57 Å². The first kappa shape index (κ1) is 6.81. The van der Waals surface area contributed by atoms with E-state index in [1.807, 2.05) is 0 Å². The van der Waals surface area contributed by atoms with Crippen molar-refractivity contribution in [2.75, 3.05) is 0 Å². The molecule has 1 aliphatic carbocycles. The maximum absolute atomic E-state index is 10.3. The Balaban J connectivity index is 2.81. The van der Waals surface area contributed by atoms with Gasteiger partial charge in [-0.1, -0.05) is 6.42 Å². The van der Waals surface area contributed by atoms with Crippen molar-refractivity contribution in [3.05, 3.63) is 36.0 Å². The van der Waals surface area contributed by atoms with E-state index in [2.05, 4.69) is 12.7 Å². The summed E-state index contributed by atoms with van der Waals surface area (Å²) in [6.45, 7) is 3.59. The van der Waals surface area contributed by atoms with Crippen LogP contribution in [-0.2, 0) is 4.79 Å². The summed E-state index contributed by atoms with van der Waals surface area (Å²) in [5.74, 6) is -0.887. The zero-order valence-corrected chi connectivity index (χ0v) is 5.42. The fourth-order valence-corrected chi connectivity index (χ4v) is 0.746. The van der Waals surface area contributed by atoms with Gasteiger partial charge in [0.2, 0.25) is 0 Å². The summed E-state index contributed by atoms with van der Waals surface area (Å²) < 4.78 is 0. The molecule has 0 aliphatic heterocycles. The Morgan fingerprint density at radius 2 is 2.50 bits per heavy atom. The van der Waals surface area contributed by atoms with Crippen molar-refractivity contribution in [3.8, 4) is 0 Å². The predicted octanol–water partition coefficient (Wildman–Crippen LogP) is 1.32. The lowest BCUT2D eigenvalue weighted by molar-refractivity contribution is -0.132. The Morgan fingerprint density at radius 3 is 2.90 bits per heavy atom. The summed E-state index contributed by atoms with van der Waals surface area (Å²) in [4.78, 5) is 10.3. The van der Waals surface area contributed by atoms with Crippen molar-refractivity contribution >= 4 is 5.97 Å². The molecule has 0 spiro atoms. The van der Waals surface area contributed by atoms with Crippen molar-refractivity contribution in [3.63, 3.8) is 0 Å². The van der Waals surface area contributed by atoms with Crippen molar-refractivity contribution in [2.24, 2.45) is 0 Å². The topological polar surface area (TPSA) is 37.3 Å². The highest BCUT2D eigenvalue weighted by Gasteiger charge is 2.01. The Labute approximate surface area is 59.2 Å². The Kier molecular flexibility index (Phi) is 1.71. The monoisotopic (exact) mass is 135 g/mol. The highest BCUT2D eigenvalue weighted by atomic mass is 16.4. The zero-order valence-electron chi connectivity index (χ0n) is 5.42. The molecule has 2 nitrogen and oxygen atoms in total. The Hall–Kier alpha value is -1.31. The second-order valence-corrected chi connectivity index (χ2v) is 2.07. The lowest BCUT2D eigenvalue weighted by Crippen LogP contribution is -2.01. The van der Waals surface area contributed by atoms with Gasteiger partial charge in [-0.15, -0.1) is 6.08 Å². The van der Waals surface area contributed by atoms with Crippen LogP contribution in [0.2, 0.25) is 0 Å². The molecule has 1 rings (SSSR count). The molecule has 0 aromatic heterocycles. The summed E-state index contributed by atoms with van der Waals surface area (Å²) in [6.07, 6.45) is 6.42. The van der Waals surface area contributed by atoms with E-state index in [9.17, 15) is 4.79 Å². The molecular weight excluding hydrogens is 128 g/mol. The van der Waals surface area contributed by atoms with Crippen molar-refractivity contribution in [2.45, 2.75) is 6.42 Å². The molecule has 0 radical (unpaired) electrons. The SMILES string of the molecule is C=C1C=[C-]CC(C(=O)O)=C1. The highest BCUT2D eigenvalue weighted by Crippen LogP contribution is 2.12. The van der Waals surface area contributed by atoms with Gasteiger partial charge in [0.15, 0.2) is 0 Å². The first-order chi connectivity index (χ1) is 4.70. The minimum atomic E-state index is -0.887. The standard InChI is InChI=1S/C8H7O2/c1-6-3-2-4-7(5-6)8(9)10/h3,5H,1,4H2,(H,9,10)/q-1. The van der Waals surface area contributed by atoms with Gasteiger partial charge < -0.3 is 5.11 Å². The maximum Gasteiger partial charge on any atom is 0.328 e. The quantitative estimate of drug-likeness (QED) is 0.550. The fourth-order valence-electron chi connectivity index (χ4n) is 0.746. The normalized spacial score (nSPS) is 16.8. The third-order valence-corrected chi connectivity index (χ3v) is 1.21. The third-order valence-electron chi connectivity index (χ3n) is 1.21. The molecule has 0 amide bonds. The van der Waals surface area contributed by atoms with E-state index in [4.69, 9.17) is 5.11 Å². The van der Waals surface area contributed by atoms with Crippen molar-refractivity contribution in [1.29, 1.82) is 0 Å². The summed E-state index contributed by atoms with van der Waals surface area (Å²) in [5, 5.41) is 8.49. The lowest BCUT2D eigenvalue weighted by atomic mass is 10.0. The van der Waals surface area contributed by atoms with Gasteiger partial charge in [0.05, 0.1) is 0 Å². The summed E-state index contributed by atoms with van der Waals surface area (Å²) in [6, 6.07) is 0. The van der Waals surface area contributed by atoms with Crippen LogP contribution >= 0.6 is 0 Å². The fraction of sp³-hybridized carbons (Fsp3) is 0.125. The van der Waals surface area contributed by atoms with E-state index >= 15 is 0 Å². The molecule has 0 bridgehead atoms. The minimum Gasteiger partial charge on any atom is -0.478 e. The molecular formula is C8H7O2-. The van der Waals surface area contributed by atoms with Crippen LogP contribution in [0.25, 0.3) is 0 Å². The Bertz CT molecular complexity index is 234.